The molecule has 0 spiro atoms. The summed E-state index contributed by atoms with van der Waals surface area (Å²) in [4.78, 5) is 10.6. The van der Waals surface area contributed by atoms with E-state index < -0.39 is 13.4 Å². The van der Waals surface area contributed by atoms with Crippen LogP contribution < -0.4 is 0 Å². The van der Waals surface area contributed by atoms with E-state index in [-0.39, 0.29) is 6.61 Å². The molecule has 88 valence electrons. The average molecular weight is 251 g/mol. The number of ether oxygens (including phenoxy) is 2. The van der Waals surface area contributed by atoms with E-state index in [1.165, 1.54) is 0 Å². The summed E-state index contributed by atoms with van der Waals surface area (Å²) in [6.45, 7) is 8.91. The van der Waals surface area contributed by atoms with Crippen molar-refractivity contribution in [3.05, 3.63) is 12.7 Å². The molecule has 0 saturated carbocycles. The van der Waals surface area contributed by atoms with E-state index in [1.54, 1.807) is 0 Å². The Balaban J connectivity index is 3.19. The van der Waals surface area contributed by atoms with Gasteiger partial charge in [-0.3, -0.25) is 0 Å². The van der Waals surface area contributed by atoms with Crippen LogP contribution in [0.5, 0.6) is 0 Å². The molecule has 5 heteroatoms. The van der Waals surface area contributed by atoms with Crippen LogP contribution in [0.1, 0.15) is 6.42 Å². The van der Waals surface area contributed by atoms with Crippen molar-refractivity contribution in [2.24, 2.45) is 0 Å². The zero-order valence-electron chi connectivity index (χ0n) is 9.42. The Hall–Kier alpha value is -0.323. The minimum atomic E-state index is -1.46. The predicted octanol–water partition coefficient (Wildman–Crippen LogP) is 2.57. The number of hydrogen-bond donors (Lipinski definition) is 0. The predicted molar refractivity (Wildman–Crippen MR) is 64.7 cm³/mol. The van der Waals surface area contributed by atoms with Crippen LogP contribution in [-0.2, 0) is 14.3 Å². The lowest BCUT2D eigenvalue weighted by molar-refractivity contribution is -0.139. The zero-order valence-corrected chi connectivity index (χ0v) is 11.2. The Kier molecular flexibility index (Phi) is 7.73. The van der Waals surface area contributed by atoms with Gasteiger partial charge in [-0.2, -0.15) is 11.1 Å². The summed E-state index contributed by atoms with van der Waals surface area (Å²) in [7, 11) is -1.46. The molecule has 0 aromatic rings. The molecule has 0 aromatic heterocycles. The van der Waals surface area contributed by atoms with Crippen LogP contribution in [0.25, 0.3) is 0 Å². The highest BCUT2D eigenvalue weighted by Gasteiger charge is 2.15. The van der Waals surface area contributed by atoms with E-state index >= 15 is 0 Å². The highest BCUT2D eigenvalue weighted by Crippen LogP contribution is 2.15. The first-order valence-corrected chi connectivity index (χ1v) is 9.23. The third kappa shape index (κ3) is 11.6. The minimum Gasteiger partial charge on any atom is -0.460 e. The molecule has 0 unspecified atom stereocenters. The SMILES string of the molecule is C=CC(=O)OCCOCCC[Si](C)(C)Cl. The second kappa shape index (κ2) is 7.90. The van der Waals surface area contributed by atoms with Gasteiger partial charge in [-0.15, -0.1) is 0 Å². The lowest BCUT2D eigenvalue weighted by Gasteiger charge is -2.12. The van der Waals surface area contributed by atoms with E-state index in [0.717, 1.165) is 18.5 Å². The summed E-state index contributed by atoms with van der Waals surface area (Å²) in [6.07, 6.45) is 2.11. The van der Waals surface area contributed by atoms with Gasteiger partial charge < -0.3 is 9.47 Å². The van der Waals surface area contributed by atoms with Crippen molar-refractivity contribution in [3.63, 3.8) is 0 Å². The standard InChI is InChI=1S/C10H19ClO3Si/c1-4-10(12)14-8-7-13-6-5-9-15(2,3)11/h4H,1,5-9H2,2-3H3. The first kappa shape index (κ1) is 14.7. The third-order valence-corrected chi connectivity index (χ3v) is 3.81. The molecule has 0 N–H and O–H groups in total. The molecule has 0 aromatic carbocycles. The number of halogens is 1. The fourth-order valence-corrected chi connectivity index (χ4v) is 2.34. The Morgan fingerprint density at radius 3 is 2.60 bits per heavy atom. The summed E-state index contributed by atoms with van der Waals surface area (Å²) in [5.41, 5.74) is 0. The van der Waals surface area contributed by atoms with E-state index in [0.29, 0.717) is 13.2 Å². The van der Waals surface area contributed by atoms with Gasteiger partial charge in [0.15, 0.2) is 7.38 Å². The second-order valence-electron chi connectivity index (χ2n) is 3.81. The van der Waals surface area contributed by atoms with Crippen molar-refractivity contribution in [2.45, 2.75) is 25.6 Å². The maximum atomic E-state index is 10.6. The van der Waals surface area contributed by atoms with Crippen molar-refractivity contribution >= 4 is 24.4 Å². The normalized spacial score (nSPS) is 11.1. The smallest absolute Gasteiger partial charge is 0.330 e. The lowest BCUT2D eigenvalue weighted by Crippen LogP contribution is -2.17. The summed E-state index contributed by atoms with van der Waals surface area (Å²) in [5, 5.41) is 0. The topological polar surface area (TPSA) is 35.5 Å². The second-order valence-corrected chi connectivity index (χ2v) is 10.8. The molecule has 0 aliphatic carbocycles. The van der Waals surface area contributed by atoms with Crippen LogP contribution in [0.4, 0.5) is 0 Å². The largest absolute Gasteiger partial charge is 0.460 e. The molecule has 3 nitrogen and oxygen atoms in total. The van der Waals surface area contributed by atoms with Crippen LogP contribution in [0, 0.1) is 0 Å². The number of hydrogen-bond acceptors (Lipinski definition) is 3. The van der Waals surface area contributed by atoms with Gasteiger partial charge in [0.1, 0.15) is 6.61 Å². The number of esters is 1. The lowest BCUT2D eigenvalue weighted by atomic mass is 10.5. The van der Waals surface area contributed by atoms with Crippen LogP contribution in [-0.4, -0.2) is 33.2 Å². The molecule has 0 atom stereocenters. The summed E-state index contributed by atoms with van der Waals surface area (Å²) in [5.74, 6) is -0.409. The van der Waals surface area contributed by atoms with Crippen molar-refractivity contribution in [3.8, 4) is 0 Å². The van der Waals surface area contributed by atoms with Crippen molar-refractivity contribution in [2.75, 3.05) is 19.8 Å². The number of carbonyl (C=O) groups excluding carboxylic acids is 1. The Morgan fingerprint density at radius 2 is 2.07 bits per heavy atom. The molecule has 0 rings (SSSR count). The molecule has 15 heavy (non-hydrogen) atoms. The molecule has 0 fully saturated rings. The molecule has 0 saturated heterocycles. The summed E-state index contributed by atoms with van der Waals surface area (Å²) < 4.78 is 10.0. The fraction of sp³-hybridized carbons (Fsp3) is 0.700. The molecular formula is C10H19ClO3Si. The van der Waals surface area contributed by atoms with E-state index in [9.17, 15) is 4.79 Å². The van der Waals surface area contributed by atoms with Gasteiger partial charge in [0, 0.05) is 12.7 Å². The van der Waals surface area contributed by atoms with E-state index in [2.05, 4.69) is 19.7 Å². The van der Waals surface area contributed by atoms with Gasteiger partial charge in [-0.25, -0.2) is 4.79 Å². The van der Waals surface area contributed by atoms with Gasteiger partial charge in [0.05, 0.1) is 6.61 Å². The first-order chi connectivity index (χ1) is 6.95. The van der Waals surface area contributed by atoms with Crippen molar-refractivity contribution in [1.29, 1.82) is 0 Å². The average Bonchev–Trinajstić information content (AvgIpc) is 2.14. The summed E-state index contributed by atoms with van der Waals surface area (Å²) in [6, 6.07) is 1.04. The number of carbonyl (C=O) groups is 1. The Bertz CT molecular complexity index is 201. The minimum absolute atomic E-state index is 0.284. The maximum Gasteiger partial charge on any atom is 0.330 e. The Labute approximate surface area is 97.1 Å². The molecule has 0 aliphatic heterocycles. The Morgan fingerprint density at radius 1 is 1.40 bits per heavy atom. The van der Waals surface area contributed by atoms with Crippen LogP contribution in [0.3, 0.4) is 0 Å². The zero-order chi connectivity index (χ0) is 11.7. The van der Waals surface area contributed by atoms with Crippen LogP contribution >= 0.6 is 11.1 Å². The van der Waals surface area contributed by atoms with Gasteiger partial charge in [0.2, 0.25) is 0 Å². The molecule has 0 amide bonds. The van der Waals surface area contributed by atoms with Crippen molar-refractivity contribution in [1.82, 2.24) is 0 Å². The molecule has 0 heterocycles. The van der Waals surface area contributed by atoms with Gasteiger partial charge >= 0.3 is 5.97 Å². The molecular weight excluding hydrogens is 232 g/mol. The van der Waals surface area contributed by atoms with Crippen molar-refractivity contribution < 1.29 is 14.3 Å². The molecule has 0 bridgehead atoms. The molecule has 0 radical (unpaired) electrons. The highest BCUT2D eigenvalue weighted by molar-refractivity contribution is 7.19. The van der Waals surface area contributed by atoms with Crippen LogP contribution in [0.2, 0.25) is 19.1 Å². The monoisotopic (exact) mass is 250 g/mol. The third-order valence-electron chi connectivity index (χ3n) is 1.70. The highest BCUT2D eigenvalue weighted by atomic mass is 35.6. The van der Waals surface area contributed by atoms with Gasteiger partial charge in [0.25, 0.3) is 0 Å². The van der Waals surface area contributed by atoms with Crippen LogP contribution in [0.15, 0.2) is 12.7 Å². The fourth-order valence-electron chi connectivity index (χ4n) is 0.957. The van der Waals surface area contributed by atoms with E-state index in [1.807, 2.05) is 0 Å². The number of rotatable bonds is 8. The van der Waals surface area contributed by atoms with E-state index in [4.69, 9.17) is 20.6 Å². The molecule has 0 aliphatic rings. The maximum absolute atomic E-state index is 10.6. The summed E-state index contributed by atoms with van der Waals surface area (Å²) >= 11 is 6.14. The quantitative estimate of drug-likeness (QED) is 0.218. The van der Waals surface area contributed by atoms with Gasteiger partial charge in [-0.1, -0.05) is 19.7 Å². The van der Waals surface area contributed by atoms with Gasteiger partial charge in [-0.05, 0) is 12.5 Å². The first-order valence-electron chi connectivity index (χ1n) is 5.01.